The molecule has 8 heteroatoms. The molecule has 0 aliphatic carbocycles. The first-order valence-corrected chi connectivity index (χ1v) is 8.03. The van der Waals surface area contributed by atoms with Gasteiger partial charge in [-0.05, 0) is 31.5 Å². The van der Waals surface area contributed by atoms with Gasteiger partial charge in [-0.25, -0.2) is 13.1 Å². The van der Waals surface area contributed by atoms with Crippen LogP contribution in [0.25, 0.3) is 0 Å². The molecule has 114 valence electrons. The van der Waals surface area contributed by atoms with Gasteiger partial charge in [0.05, 0.1) is 6.10 Å². The highest BCUT2D eigenvalue weighted by molar-refractivity contribution is 7.89. The van der Waals surface area contributed by atoms with Gasteiger partial charge in [0.25, 0.3) is 0 Å². The van der Waals surface area contributed by atoms with E-state index in [4.69, 9.17) is 16.1 Å². The molecule has 1 aromatic heterocycles. The number of nitrogens with zero attached hydrogens (tertiary/aromatic N) is 1. The normalized spacial score (nSPS) is 13.3. The molecule has 0 saturated heterocycles. The topological polar surface area (TPSA) is 92.4 Å². The minimum Gasteiger partial charge on any atom is -0.387 e. The summed E-state index contributed by atoms with van der Waals surface area (Å²) in [5.41, 5.74) is 0.849. The molecule has 21 heavy (non-hydrogen) atoms. The Balaban J connectivity index is 2.10. The molecule has 0 aliphatic rings. The Bertz CT molecular complexity index is 706. The van der Waals surface area contributed by atoms with Crippen molar-refractivity contribution in [3.63, 3.8) is 0 Å². The molecule has 0 fully saturated rings. The number of hydrogen-bond donors (Lipinski definition) is 2. The number of aliphatic hydroxyl groups excluding tert-OH is 1. The first kappa shape index (κ1) is 16.0. The maximum absolute atomic E-state index is 12.2. The van der Waals surface area contributed by atoms with Gasteiger partial charge in [-0.1, -0.05) is 28.9 Å². The van der Waals surface area contributed by atoms with Crippen LogP contribution in [0.1, 0.15) is 23.1 Å². The zero-order chi connectivity index (χ0) is 15.6. The lowest BCUT2D eigenvalue weighted by atomic mass is 10.1. The Morgan fingerprint density at radius 3 is 2.48 bits per heavy atom. The second-order valence-electron chi connectivity index (χ2n) is 4.57. The standard InChI is InChI=1S/C13H15ClN2O4S/c1-8-13(9(2)20-16-8)21(18,19)15-7-12(17)10-3-5-11(14)6-4-10/h3-6,12,15,17H,7H2,1-2H3. The van der Waals surface area contributed by atoms with Gasteiger partial charge in [0.1, 0.15) is 10.6 Å². The zero-order valence-corrected chi connectivity index (χ0v) is 13.1. The SMILES string of the molecule is Cc1noc(C)c1S(=O)(=O)NCC(O)c1ccc(Cl)cc1. The first-order chi connectivity index (χ1) is 9.81. The Morgan fingerprint density at radius 2 is 1.95 bits per heavy atom. The number of aryl methyl sites for hydroxylation is 2. The molecule has 0 bridgehead atoms. The molecular formula is C13H15ClN2O4S. The molecule has 1 aromatic carbocycles. The summed E-state index contributed by atoms with van der Waals surface area (Å²) in [5, 5.41) is 14.2. The lowest BCUT2D eigenvalue weighted by Gasteiger charge is -2.12. The van der Waals surface area contributed by atoms with Gasteiger partial charge >= 0.3 is 0 Å². The third kappa shape index (κ3) is 3.62. The van der Waals surface area contributed by atoms with Crippen molar-refractivity contribution in [1.29, 1.82) is 0 Å². The molecule has 1 atom stereocenters. The van der Waals surface area contributed by atoms with Gasteiger partial charge < -0.3 is 9.63 Å². The van der Waals surface area contributed by atoms with Gasteiger partial charge in [0.2, 0.25) is 10.0 Å². The summed E-state index contributed by atoms with van der Waals surface area (Å²) in [4.78, 5) is 0.00538. The Morgan fingerprint density at radius 1 is 1.33 bits per heavy atom. The van der Waals surface area contributed by atoms with E-state index in [2.05, 4.69) is 9.88 Å². The van der Waals surface area contributed by atoms with E-state index in [9.17, 15) is 13.5 Å². The van der Waals surface area contributed by atoms with E-state index >= 15 is 0 Å². The molecule has 0 amide bonds. The minimum atomic E-state index is -3.78. The smallest absolute Gasteiger partial charge is 0.246 e. The number of hydrogen-bond acceptors (Lipinski definition) is 5. The fraction of sp³-hybridized carbons (Fsp3) is 0.308. The average Bonchev–Trinajstić information content (AvgIpc) is 2.77. The van der Waals surface area contributed by atoms with Crippen LogP contribution in [0.4, 0.5) is 0 Å². The lowest BCUT2D eigenvalue weighted by molar-refractivity contribution is 0.182. The van der Waals surface area contributed by atoms with Crippen molar-refractivity contribution in [2.24, 2.45) is 0 Å². The van der Waals surface area contributed by atoms with Crippen LogP contribution in [-0.4, -0.2) is 25.2 Å². The molecule has 0 spiro atoms. The zero-order valence-electron chi connectivity index (χ0n) is 11.5. The van der Waals surface area contributed by atoms with Crippen LogP contribution in [0.3, 0.4) is 0 Å². The van der Waals surface area contributed by atoms with E-state index < -0.39 is 16.1 Å². The largest absolute Gasteiger partial charge is 0.387 e. The monoisotopic (exact) mass is 330 g/mol. The molecule has 1 unspecified atom stereocenters. The molecular weight excluding hydrogens is 316 g/mol. The number of sulfonamides is 1. The Hall–Kier alpha value is -1.41. The third-order valence-electron chi connectivity index (χ3n) is 2.96. The number of nitrogens with one attached hydrogen (secondary N) is 1. The van der Waals surface area contributed by atoms with Crippen LogP contribution in [0, 0.1) is 13.8 Å². The van der Waals surface area contributed by atoms with E-state index in [1.165, 1.54) is 6.92 Å². The van der Waals surface area contributed by atoms with Crippen molar-refractivity contribution in [3.8, 4) is 0 Å². The molecule has 0 saturated carbocycles. The van der Waals surface area contributed by atoms with Crippen molar-refractivity contribution in [2.75, 3.05) is 6.54 Å². The molecule has 6 nitrogen and oxygen atoms in total. The fourth-order valence-corrected chi connectivity index (χ4v) is 3.41. The second kappa shape index (κ2) is 6.15. The predicted molar refractivity (Wildman–Crippen MR) is 77.6 cm³/mol. The molecule has 0 aliphatic heterocycles. The predicted octanol–water partition coefficient (Wildman–Crippen LogP) is 1.96. The third-order valence-corrected chi connectivity index (χ3v) is 4.88. The summed E-state index contributed by atoms with van der Waals surface area (Å²) in [5.74, 6) is 0.209. The molecule has 0 radical (unpaired) electrons. The van der Waals surface area contributed by atoms with Crippen LogP contribution in [0.15, 0.2) is 33.7 Å². The molecule has 2 aromatic rings. The highest BCUT2D eigenvalue weighted by Crippen LogP contribution is 2.20. The van der Waals surface area contributed by atoms with E-state index in [-0.39, 0.29) is 22.9 Å². The van der Waals surface area contributed by atoms with Crippen molar-refractivity contribution >= 4 is 21.6 Å². The Kier molecular flexibility index (Phi) is 4.67. The van der Waals surface area contributed by atoms with Gasteiger partial charge in [-0.15, -0.1) is 0 Å². The lowest BCUT2D eigenvalue weighted by Crippen LogP contribution is -2.29. The van der Waals surface area contributed by atoms with Crippen molar-refractivity contribution in [2.45, 2.75) is 24.8 Å². The summed E-state index contributed by atoms with van der Waals surface area (Å²) in [7, 11) is -3.78. The van der Waals surface area contributed by atoms with E-state index in [0.717, 1.165) is 0 Å². The van der Waals surface area contributed by atoms with Crippen LogP contribution in [0.5, 0.6) is 0 Å². The van der Waals surface area contributed by atoms with Crippen LogP contribution >= 0.6 is 11.6 Å². The van der Waals surface area contributed by atoms with Crippen molar-refractivity contribution in [1.82, 2.24) is 9.88 Å². The van der Waals surface area contributed by atoms with Crippen molar-refractivity contribution in [3.05, 3.63) is 46.3 Å². The average molecular weight is 331 g/mol. The van der Waals surface area contributed by atoms with Crippen LogP contribution in [-0.2, 0) is 10.0 Å². The number of rotatable bonds is 5. The van der Waals surface area contributed by atoms with Crippen molar-refractivity contribution < 1.29 is 18.0 Å². The van der Waals surface area contributed by atoms with Gasteiger partial charge in [-0.2, -0.15) is 0 Å². The first-order valence-electron chi connectivity index (χ1n) is 6.17. The van der Waals surface area contributed by atoms with Gasteiger partial charge in [0.15, 0.2) is 5.76 Å². The molecule has 2 rings (SSSR count). The maximum atomic E-state index is 12.2. The quantitative estimate of drug-likeness (QED) is 0.874. The van der Waals surface area contributed by atoms with Gasteiger partial charge in [0, 0.05) is 11.6 Å². The number of halogens is 1. The number of aromatic nitrogens is 1. The van der Waals surface area contributed by atoms with Crippen LogP contribution in [0.2, 0.25) is 5.02 Å². The Labute approximate surface area is 127 Å². The highest BCUT2D eigenvalue weighted by atomic mass is 35.5. The van der Waals surface area contributed by atoms with E-state index in [0.29, 0.717) is 10.6 Å². The summed E-state index contributed by atoms with van der Waals surface area (Å²) >= 11 is 5.76. The fourth-order valence-electron chi connectivity index (χ4n) is 1.92. The summed E-state index contributed by atoms with van der Waals surface area (Å²) in [6.45, 7) is 2.90. The van der Waals surface area contributed by atoms with Crippen LogP contribution < -0.4 is 4.72 Å². The maximum Gasteiger partial charge on any atom is 0.246 e. The summed E-state index contributed by atoms with van der Waals surface area (Å²) in [6.07, 6.45) is -0.975. The second-order valence-corrected chi connectivity index (χ2v) is 6.71. The number of benzene rings is 1. The van der Waals surface area contributed by atoms with E-state index in [1.54, 1.807) is 31.2 Å². The van der Waals surface area contributed by atoms with E-state index in [1.807, 2.05) is 0 Å². The number of aliphatic hydroxyl groups is 1. The van der Waals surface area contributed by atoms with Gasteiger partial charge in [-0.3, -0.25) is 0 Å². The summed E-state index contributed by atoms with van der Waals surface area (Å²) in [6, 6.07) is 6.53. The molecule has 1 heterocycles. The minimum absolute atomic E-state index is 0.00538. The summed E-state index contributed by atoms with van der Waals surface area (Å²) < 4.78 is 31.5. The highest BCUT2D eigenvalue weighted by Gasteiger charge is 2.24. The molecule has 2 N–H and O–H groups in total.